The summed E-state index contributed by atoms with van der Waals surface area (Å²) < 4.78 is 19.0. The highest BCUT2D eigenvalue weighted by atomic mass is 16.6. The van der Waals surface area contributed by atoms with Crippen LogP contribution < -0.4 is 11.1 Å². The van der Waals surface area contributed by atoms with Gasteiger partial charge in [0, 0.05) is 25.8 Å². The highest BCUT2D eigenvalue weighted by Gasteiger charge is 2.46. The minimum atomic E-state index is -0.619. The van der Waals surface area contributed by atoms with Gasteiger partial charge in [0.2, 0.25) is 5.95 Å². The molecule has 0 bridgehead atoms. The zero-order valence-electron chi connectivity index (χ0n) is 18.5. The molecule has 11 nitrogen and oxygen atoms in total. The molecule has 2 aromatic rings. The first-order valence-corrected chi connectivity index (χ1v) is 10.4. The molecule has 1 saturated heterocycles. The lowest BCUT2D eigenvalue weighted by Crippen LogP contribution is -2.35. The number of nitrogen functional groups attached to an aromatic ring is 1. The number of imidazole rings is 1. The number of hydrogen-bond acceptors (Lipinski definition) is 10. The summed E-state index contributed by atoms with van der Waals surface area (Å²) in [5, 5.41) is 2.95. The fourth-order valence-electron chi connectivity index (χ4n) is 3.61. The van der Waals surface area contributed by atoms with E-state index in [1.54, 1.807) is 24.9 Å². The molecular weight excluding hydrogens is 404 g/mol. The third-order valence-corrected chi connectivity index (χ3v) is 5.14. The molecule has 3 heterocycles. The third-order valence-electron chi connectivity index (χ3n) is 5.14. The van der Waals surface area contributed by atoms with E-state index in [1.807, 2.05) is 20.8 Å². The number of aromatic nitrogens is 4. The van der Waals surface area contributed by atoms with Gasteiger partial charge in [0.05, 0.1) is 6.33 Å². The maximum atomic E-state index is 12.0. The smallest absolute Gasteiger partial charge is 0.306 e. The summed E-state index contributed by atoms with van der Waals surface area (Å²) in [5.41, 5.74) is 6.89. The molecule has 170 valence electrons. The zero-order chi connectivity index (χ0) is 22.7. The molecule has 1 aliphatic rings. The van der Waals surface area contributed by atoms with Crippen LogP contribution in [0.25, 0.3) is 11.2 Å². The molecule has 3 rings (SSSR count). The first-order valence-electron chi connectivity index (χ1n) is 10.4. The largest absolute Gasteiger partial charge is 0.463 e. The Labute approximate surface area is 180 Å². The lowest BCUT2D eigenvalue weighted by atomic mass is 10.0. The van der Waals surface area contributed by atoms with Crippen LogP contribution in [0.15, 0.2) is 6.33 Å². The molecule has 0 radical (unpaired) electrons. The summed E-state index contributed by atoms with van der Waals surface area (Å²) in [6.45, 7) is 7.49. The molecule has 3 N–H and O–H groups in total. The SMILES string of the molecule is CCC(=O)O[C@@H]1C(COC(=O)CC(C)C)O[C@@H](n2cnc3c(NC)nc(N)nc32)[C@H]1C. The second-order valence-corrected chi connectivity index (χ2v) is 8.02. The third kappa shape index (κ3) is 4.87. The summed E-state index contributed by atoms with van der Waals surface area (Å²) in [5.74, 6) is -0.142. The molecule has 0 saturated carbocycles. The van der Waals surface area contributed by atoms with Crippen molar-refractivity contribution in [1.82, 2.24) is 19.5 Å². The maximum absolute atomic E-state index is 12.0. The molecule has 11 heteroatoms. The van der Waals surface area contributed by atoms with E-state index in [0.29, 0.717) is 23.4 Å². The number of nitrogens with zero attached hydrogens (tertiary/aromatic N) is 4. The molecule has 1 unspecified atom stereocenters. The minimum absolute atomic E-state index is 0.0143. The molecule has 1 fully saturated rings. The van der Waals surface area contributed by atoms with Crippen LogP contribution in [0.3, 0.4) is 0 Å². The number of esters is 2. The molecule has 0 amide bonds. The maximum Gasteiger partial charge on any atom is 0.306 e. The number of carbonyl (C=O) groups is 2. The van der Waals surface area contributed by atoms with Crippen molar-refractivity contribution < 1.29 is 23.8 Å². The number of nitrogens with two attached hydrogens (primary N) is 1. The number of fused-ring (bicyclic) bond motifs is 1. The van der Waals surface area contributed by atoms with Crippen LogP contribution in [0, 0.1) is 11.8 Å². The monoisotopic (exact) mass is 434 g/mol. The summed E-state index contributed by atoms with van der Waals surface area (Å²) in [7, 11) is 1.72. The Morgan fingerprint density at radius 1 is 1.32 bits per heavy atom. The number of nitrogens with one attached hydrogen (secondary N) is 1. The second kappa shape index (κ2) is 9.46. The van der Waals surface area contributed by atoms with Crippen molar-refractivity contribution in [2.45, 2.75) is 59.0 Å². The van der Waals surface area contributed by atoms with E-state index >= 15 is 0 Å². The van der Waals surface area contributed by atoms with E-state index in [1.165, 1.54) is 0 Å². The average molecular weight is 434 g/mol. The van der Waals surface area contributed by atoms with Gasteiger partial charge < -0.3 is 25.3 Å². The zero-order valence-corrected chi connectivity index (χ0v) is 18.5. The van der Waals surface area contributed by atoms with Crippen LogP contribution in [0.4, 0.5) is 11.8 Å². The second-order valence-electron chi connectivity index (χ2n) is 8.02. The van der Waals surface area contributed by atoms with Crippen LogP contribution in [0.2, 0.25) is 0 Å². The van der Waals surface area contributed by atoms with Crippen molar-refractivity contribution in [1.29, 1.82) is 0 Å². The fourth-order valence-corrected chi connectivity index (χ4v) is 3.61. The molecule has 0 aliphatic carbocycles. The standard InChI is InChI=1S/C20H30N6O5/c1-6-13(27)31-16-11(4)19(30-12(16)8-29-14(28)7-10(2)3)26-9-23-15-17(22-5)24-20(21)25-18(15)26/h9-12,16,19H,6-8H2,1-5H3,(H3,21,22,24,25)/t11-,12?,16-,19+/m0/s1. The van der Waals surface area contributed by atoms with Gasteiger partial charge in [0.25, 0.3) is 0 Å². The van der Waals surface area contributed by atoms with Gasteiger partial charge in [-0.15, -0.1) is 0 Å². The molecule has 0 aromatic carbocycles. The van der Waals surface area contributed by atoms with E-state index in [9.17, 15) is 9.59 Å². The Bertz CT molecular complexity index is 946. The van der Waals surface area contributed by atoms with Gasteiger partial charge in [0.1, 0.15) is 25.0 Å². The van der Waals surface area contributed by atoms with E-state index < -0.39 is 18.4 Å². The van der Waals surface area contributed by atoms with Gasteiger partial charge in [-0.2, -0.15) is 9.97 Å². The Morgan fingerprint density at radius 2 is 2.06 bits per heavy atom. The van der Waals surface area contributed by atoms with Crippen molar-refractivity contribution in [3.63, 3.8) is 0 Å². The highest BCUT2D eigenvalue weighted by molar-refractivity contribution is 5.84. The summed E-state index contributed by atoms with van der Waals surface area (Å²) >= 11 is 0. The summed E-state index contributed by atoms with van der Waals surface area (Å²) in [4.78, 5) is 36.9. The predicted octanol–water partition coefficient (Wildman–Crippen LogP) is 1.89. The van der Waals surface area contributed by atoms with Gasteiger partial charge in [-0.25, -0.2) is 4.98 Å². The number of carbonyl (C=O) groups excluding carboxylic acids is 2. The van der Waals surface area contributed by atoms with Crippen LogP contribution >= 0.6 is 0 Å². The lowest BCUT2D eigenvalue weighted by Gasteiger charge is -2.21. The Hall–Kier alpha value is -2.95. The molecule has 4 atom stereocenters. The summed E-state index contributed by atoms with van der Waals surface area (Å²) in [6.07, 6.45) is 0.369. The number of rotatable bonds is 8. The first-order chi connectivity index (χ1) is 14.7. The van der Waals surface area contributed by atoms with Crippen molar-refractivity contribution in [3.05, 3.63) is 6.33 Å². The Kier molecular flexibility index (Phi) is 6.94. The quantitative estimate of drug-likeness (QED) is 0.591. The number of anilines is 2. The number of ether oxygens (including phenoxy) is 3. The normalized spacial score (nSPS) is 23.3. The molecule has 2 aromatic heterocycles. The van der Waals surface area contributed by atoms with E-state index in [4.69, 9.17) is 19.9 Å². The lowest BCUT2D eigenvalue weighted by molar-refractivity contribution is -0.158. The first kappa shape index (κ1) is 22.7. The minimum Gasteiger partial charge on any atom is -0.463 e. The summed E-state index contributed by atoms with van der Waals surface area (Å²) in [6, 6.07) is 0. The van der Waals surface area contributed by atoms with Gasteiger partial charge in [0.15, 0.2) is 17.0 Å². The highest BCUT2D eigenvalue weighted by Crippen LogP contribution is 2.38. The van der Waals surface area contributed by atoms with Crippen LogP contribution in [0.5, 0.6) is 0 Å². The van der Waals surface area contributed by atoms with Crippen molar-refractivity contribution in [2.75, 3.05) is 24.7 Å². The van der Waals surface area contributed by atoms with Crippen molar-refractivity contribution in [3.8, 4) is 0 Å². The number of hydrogen-bond donors (Lipinski definition) is 2. The van der Waals surface area contributed by atoms with E-state index in [-0.39, 0.29) is 42.8 Å². The molecule has 1 aliphatic heterocycles. The van der Waals surface area contributed by atoms with Crippen LogP contribution in [0.1, 0.15) is 46.8 Å². The van der Waals surface area contributed by atoms with Gasteiger partial charge in [-0.05, 0) is 5.92 Å². The Balaban J connectivity index is 1.87. The van der Waals surface area contributed by atoms with E-state index in [0.717, 1.165) is 0 Å². The van der Waals surface area contributed by atoms with Gasteiger partial charge in [-0.3, -0.25) is 14.2 Å². The van der Waals surface area contributed by atoms with Gasteiger partial charge >= 0.3 is 11.9 Å². The molecular formula is C20H30N6O5. The predicted molar refractivity (Wildman–Crippen MR) is 113 cm³/mol. The Morgan fingerprint density at radius 3 is 2.71 bits per heavy atom. The topological polar surface area (TPSA) is 143 Å². The van der Waals surface area contributed by atoms with Crippen molar-refractivity contribution >= 4 is 34.9 Å². The molecule has 0 spiro atoms. The van der Waals surface area contributed by atoms with Crippen molar-refractivity contribution in [2.24, 2.45) is 11.8 Å². The van der Waals surface area contributed by atoms with E-state index in [2.05, 4.69) is 20.3 Å². The van der Waals surface area contributed by atoms with Gasteiger partial charge in [-0.1, -0.05) is 27.7 Å². The molecule has 31 heavy (non-hydrogen) atoms. The van der Waals surface area contributed by atoms with Crippen LogP contribution in [-0.2, 0) is 23.8 Å². The fraction of sp³-hybridized carbons (Fsp3) is 0.650. The average Bonchev–Trinajstić information content (AvgIpc) is 3.26. The van der Waals surface area contributed by atoms with Crippen LogP contribution in [-0.4, -0.2) is 57.3 Å².